The predicted molar refractivity (Wildman–Crippen MR) is 142 cm³/mol. The summed E-state index contributed by atoms with van der Waals surface area (Å²) in [6, 6.07) is 18.5. The van der Waals surface area contributed by atoms with Gasteiger partial charge in [0, 0.05) is 10.6 Å². The molecule has 1 saturated carbocycles. The van der Waals surface area contributed by atoms with E-state index in [4.69, 9.17) is 21.1 Å². The minimum absolute atomic E-state index is 0.223. The zero-order valence-corrected chi connectivity index (χ0v) is 21.7. The van der Waals surface area contributed by atoms with Crippen LogP contribution in [0.5, 0.6) is 5.75 Å². The SMILES string of the molecule is CC1(c2ccc3c(-c4ccc(Cl)cc4)c(OC4CCC(C(C)(C)C)CC4)ccc3c2)COC(=O)N1. The van der Waals surface area contributed by atoms with Gasteiger partial charge in [-0.1, -0.05) is 62.7 Å². The molecular formula is C30H34ClNO3. The van der Waals surface area contributed by atoms with Crippen LogP contribution < -0.4 is 10.1 Å². The van der Waals surface area contributed by atoms with Gasteiger partial charge in [0.2, 0.25) is 0 Å². The summed E-state index contributed by atoms with van der Waals surface area (Å²) in [7, 11) is 0. The lowest BCUT2D eigenvalue weighted by Crippen LogP contribution is -2.37. The molecule has 3 aromatic carbocycles. The van der Waals surface area contributed by atoms with Crippen LogP contribution in [-0.4, -0.2) is 18.8 Å². The first kappa shape index (κ1) is 24.0. The molecule has 1 saturated heterocycles. The number of amides is 1. The average molecular weight is 492 g/mol. The van der Waals surface area contributed by atoms with Crippen LogP contribution in [0.1, 0.15) is 58.9 Å². The highest BCUT2D eigenvalue weighted by atomic mass is 35.5. The van der Waals surface area contributed by atoms with Gasteiger partial charge in [-0.15, -0.1) is 0 Å². The molecule has 0 radical (unpaired) electrons. The maximum absolute atomic E-state index is 11.7. The highest BCUT2D eigenvalue weighted by molar-refractivity contribution is 6.30. The maximum atomic E-state index is 11.7. The van der Waals surface area contributed by atoms with E-state index in [1.165, 1.54) is 12.8 Å². The Hall–Kier alpha value is -2.72. The lowest BCUT2D eigenvalue weighted by Gasteiger charge is -2.37. The van der Waals surface area contributed by atoms with Gasteiger partial charge >= 0.3 is 6.09 Å². The van der Waals surface area contributed by atoms with Crippen LogP contribution in [0.4, 0.5) is 4.79 Å². The third kappa shape index (κ3) is 4.86. The Labute approximate surface area is 213 Å². The second kappa shape index (κ2) is 9.05. The van der Waals surface area contributed by atoms with Gasteiger partial charge in [0.25, 0.3) is 0 Å². The number of hydrogen-bond donors (Lipinski definition) is 1. The van der Waals surface area contributed by atoms with Gasteiger partial charge in [0.05, 0.1) is 11.6 Å². The standard InChI is InChI=1S/C30H34ClNO3/c1-29(2,3)21-8-13-24(14-9-21)35-26-16-7-20-17-22(30(4)18-34-28(33)32-30)10-15-25(20)27(26)19-5-11-23(31)12-6-19/h5-7,10-12,15-17,21,24H,8-9,13-14,18H2,1-4H3,(H,32,33). The van der Waals surface area contributed by atoms with E-state index in [2.05, 4.69) is 68.6 Å². The molecule has 3 aromatic rings. The number of cyclic esters (lactones) is 1. The second-order valence-electron chi connectivity index (χ2n) is 11.4. The number of rotatable bonds is 4. The molecule has 5 rings (SSSR count). The molecule has 4 nitrogen and oxygen atoms in total. The van der Waals surface area contributed by atoms with Crippen molar-refractivity contribution in [2.24, 2.45) is 11.3 Å². The van der Waals surface area contributed by atoms with Gasteiger partial charge in [-0.25, -0.2) is 4.79 Å². The second-order valence-corrected chi connectivity index (χ2v) is 11.8. The van der Waals surface area contributed by atoms with E-state index in [1.807, 2.05) is 19.1 Å². The molecular weight excluding hydrogens is 458 g/mol. The molecule has 1 unspecified atom stereocenters. The number of ether oxygens (including phenoxy) is 2. The molecule has 1 aliphatic carbocycles. The van der Waals surface area contributed by atoms with E-state index in [1.54, 1.807) is 0 Å². The van der Waals surface area contributed by atoms with Crippen molar-refractivity contribution >= 4 is 28.5 Å². The largest absolute Gasteiger partial charge is 0.490 e. The molecule has 0 bridgehead atoms. The van der Waals surface area contributed by atoms with Crippen molar-refractivity contribution in [2.75, 3.05) is 6.61 Å². The van der Waals surface area contributed by atoms with E-state index in [0.29, 0.717) is 17.0 Å². The fourth-order valence-electron chi connectivity index (χ4n) is 5.55. The van der Waals surface area contributed by atoms with Gasteiger partial charge in [-0.2, -0.15) is 0 Å². The van der Waals surface area contributed by atoms with Gasteiger partial charge < -0.3 is 14.8 Å². The summed E-state index contributed by atoms with van der Waals surface area (Å²) in [6.45, 7) is 9.35. The number of carbonyl (C=O) groups is 1. The van der Waals surface area contributed by atoms with Crippen LogP contribution in [0.3, 0.4) is 0 Å². The monoisotopic (exact) mass is 491 g/mol. The first-order valence-electron chi connectivity index (χ1n) is 12.6. The first-order chi connectivity index (χ1) is 16.6. The molecule has 5 heteroatoms. The van der Waals surface area contributed by atoms with Crippen LogP contribution in [0, 0.1) is 11.3 Å². The third-order valence-electron chi connectivity index (χ3n) is 7.81. The molecule has 2 aliphatic rings. The smallest absolute Gasteiger partial charge is 0.408 e. The molecule has 1 amide bonds. The molecule has 184 valence electrons. The van der Waals surface area contributed by atoms with Crippen molar-refractivity contribution in [3.05, 3.63) is 65.2 Å². The Kier molecular flexibility index (Phi) is 6.21. The minimum atomic E-state index is -0.535. The van der Waals surface area contributed by atoms with Gasteiger partial charge in [-0.3, -0.25) is 0 Å². The molecule has 0 spiro atoms. The summed E-state index contributed by atoms with van der Waals surface area (Å²) >= 11 is 6.21. The third-order valence-corrected chi connectivity index (χ3v) is 8.07. The van der Waals surface area contributed by atoms with Crippen molar-refractivity contribution in [1.82, 2.24) is 5.32 Å². The van der Waals surface area contributed by atoms with Gasteiger partial charge in [0.15, 0.2) is 0 Å². The molecule has 2 fully saturated rings. The fourth-order valence-corrected chi connectivity index (χ4v) is 5.68. The molecule has 1 heterocycles. The lowest BCUT2D eigenvalue weighted by atomic mass is 9.72. The molecule has 35 heavy (non-hydrogen) atoms. The first-order valence-corrected chi connectivity index (χ1v) is 12.9. The Bertz CT molecular complexity index is 1240. The molecule has 0 aromatic heterocycles. The topological polar surface area (TPSA) is 47.6 Å². The number of alkyl carbamates (subject to hydrolysis) is 1. The summed E-state index contributed by atoms with van der Waals surface area (Å²) in [5, 5.41) is 5.87. The van der Waals surface area contributed by atoms with Crippen LogP contribution in [0.15, 0.2) is 54.6 Å². The number of benzene rings is 3. The summed E-state index contributed by atoms with van der Waals surface area (Å²) in [4.78, 5) is 11.7. The van der Waals surface area contributed by atoms with E-state index < -0.39 is 5.54 Å². The Morgan fingerprint density at radius 1 is 1.00 bits per heavy atom. The lowest BCUT2D eigenvalue weighted by molar-refractivity contribution is 0.0887. The normalized spacial score (nSPS) is 24.8. The number of nitrogens with one attached hydrogen (secondary N) is 1. The highest BCUT2D eigenvalue weighted by Crippen LogP contribution is 2.43. The van der Waals surface area contributed by atoms with Crippen LogP contribution in [0.25, 0.3) is 21.9 Å². The van der Waals surface area contributed by atoms with E-state index in [9.17, 15) is 4.79 Å². The van der Waals surface area contributed by atoms with Crippen LogP contribution >= 0.6 is 11.6 Å². The molecule has 1 atom stereocenters. The van der Waals surface area contributed by atoms with Crippen molar-refractivity contribution in [3.8, 4) is 16.9 Å². The molecule has 1 aliphatic heterocycles. The summed E-state index contributed by atoms with van der Waals surface area (Å²) in [5.41, 5.74) is 3.00. The zero-order chi connectivity index (χ0) is 24.8. The van der Waals surface area contributed by atoms with Gasteiger partial charge in [0.1, 0.15) is 12.4 Å². The Balaban J connectivity index is 1.51. The Morgan fingerprint density at radius 3 is 2.34 bits per heavy atom. The predicted octanol–water partition coefficient (Wildman–Crippen LogP) is 8.10. The van der Waals surface area contributed by atoms with E-state index in [0.717, 1.165) is 52.0 Å². The van der Waals surface area contributed by atoms with Gasteiger partial charge in [-0.05, 0) is 90.1 Å². The van der Waals surface area contributed by atoms with E-state index >= 15 is 0 Å². The summed E-state index contributed by atoms with van der Waals surface area (Å²) in [5.74, 6) is 1.66. The van der Waals surface area contributed by atoms with Crippen LogP contribution in [0.2, 0.25) is 5.02 Å². The summed E-state index contributed by atoms with van der Waals surface area (Å²) in [6.07, 6.45) is 4.41. The Morgan fingerprint density at radius 2 is 1.71 bits per heavy atom. The zero-order valence-electron chi connectivity index (χ0n) is 21.0. The minimum Gasteiger partial charge on any atom is -0.490 e. The van der Waals surface area contributed by atoms with Crippen molar-refractivity contribution in [2.45, 2.75) is 65.0 Å². The van der Waals surface area contributed by atoms with Crippen molar-refractivity contribution < 1.29 is 14.3 Å². The number of fused-ring (bicyclic) bond motifs is 1. The molecule has 1 N–H and O–H groups in total. The average Bonchev–Trinajstić information content (AvgIpc) is 3.19. The number of hydrogen-bond acceptors (Lipinski definition) is 3. The fraction of sp³-hybridized carbons (Fsp3) is 0.433. The highest BCUT2D eigenvalue weighted by Gasteiger charge is 2.37. The summed E-state index contributed by atoms with van der Waals surface area (Å²) < 4.78 is 11.9. The van der Waals surface area contributed by atoms with E-state index in [-0.39, 0.29) is 12.2 Å². The van der Waals surface area contributed by atoms with Crippen molar-refractivity contribution in [3.63, 3.8) is 0 Å². The number of carbonyl (C=O) groups excluding carboxylic acids is 1. The number of halogens is 1. The quantitative estimate of drug-likeness (QED) is 0.401. The van der Waals surface area contributed by atoms with Crippen molar-refractivity contribution in [1.29, 1.82) is 0 Å². The van der Waals surface area contributed by atoms with Crippen LogP contribution in [-0.2, 0) is 10.3 Å². The maximum Gasteiger partial charge on any atom is 0.408 e.